The van der Waals surface area contributed by atoms with E-state index in [4.69, 9.17) is 9.84 Å². The molecule has 20 heavy (non-hydrogen) atoms. The Balaban J connectivity index is 1.53. The summed E-state index contributed by atoms with van der Waals surface area (Å²) >= 11 is 0. The Kier molecular flexibility index (Phi) is 3.92. The molecule has 1 aromatic rings. The van der Waals surface area contributed by atoms with Crippen molar-refractivity contribution < 1.29 is 14.6 Å². The first-order valence-corrected chi connectivity index (χ1v) is 7.41. The van der Waals surface area contributed by atoms with Crippen molar-refractivity contribution in [3.8, 4) is 5.75 Å². The summed E-state index contributed by atoms with van der Waals surface area (Å²) in [6.07, 6.45) is 5.25. The Hall–Kier alpha value is -1.55. The highest BCUT2D eigenvalue weighted by atomic mass is 16.5. The van der Waals surface area contributed by atoms with Crippen LogP contribution in [0.3, 0.4) is 0 Å². The van der Waals surface area contributed by atoms with Gasteiger partial charge in [-0.1, -0.05) is 12.1 Å². The van der Waals surface area contributed by atoms with Gasteiger partial charge in [-0.25, -0.2) is 0 Å². The van der Waals surface area contributed by atoms with E-state index in [-0.39, 0.29) is 5.92 Å². The van der Waals surface area contributed by atoms with Crippen LogP contribution in [0.25, 0.3) is 0 Å². The van der Waals surface area contributed by atoms with Crippen molar-refractivity contribution in [2.24, 2.45) is 5.92 Å². The minimum Gasteiger partial charge on any atom is -0.490 e. The first kappa shape index (κ1) is 13.4. The van der Waals surface area contributed by atoms with Crippen LogP contribution in [-0.4, -0.2) is 35.2 Å². The van der Waals surface area contributed by atoms with Gasteiger partial charge >= 0.3 is 5.97 Å². The maximum atomic E-state index is 10.8. The third-order valence-electron chi connectivity index (χ3n) is 4.22. The van der Waals surface area contributed by atoms with E-state index in [1.807, 2.05) is 12.1 Å². The quantitative estimate of drug-likeness (QED) is 0.897. The predicted molar refractivity (Wildman–Crippen MR) is 75.7 cm³/mol. The fraction of sp³-hybridized carbons (Fsp3) is 0.562. The van der Waals surface area contributed by atoms with Gasteiger partial charge < -0.3 is 9.84 Å². The van der Waals surface area contributed by atoms with Crippen molar-refractivity contribution in [1.82, 2.24) is 4.90 Å². The number of aliphatic carboxylic acids is 1. The molecule has 4 heteroatoms. The van der Waals surface area contributed by atoms with Crippen molar-refractivity contribution >= 4 is 5.97 Å². The number of nitrogens with zero attached hydrogens (tertiary/aromatic N) is 1. The van der Waals surface area contributed by atoms with Crippen molar-refractivity contribution in [2.75, 3.05) is 13.1 Å². The molecule has 1 saturated carbocycles. The number of carbonyl (C=O) groups is 1. The molecule has 0 aromatic heterocycles. The molecule has 0 bridgehead atoms. The molecular formula is C16H21NO3. The fourth-order valence-electron chi connectivity index (χ4n) is 3.03. The summed E-state index contributed by atoms with van der Waals surface area (Å²) in [6, 6.07) is 8.20. The summed E-state index contributed by atoms with van der Waals surface area (Å²) in [5.74, 6) is 0.0807. The van der Waals surface area contributed by atoms with Crippen molar-refractivity contribution in [1.29, 1.82) is 0 Å². The van der Waals surface area contributed by atoms with Gasteiger partial charge in [0.2, 0.25) is 0 Å². The van der Waals surface area contributed by atoms with Gasteiger partial charge in [-0.05, 0) is 43.4 Å². The summed E-state index contributed by atoms with van der Waals surface area (Å²) in [4.78, 5) is 12.9. The molecule has 1 aromatic carbocycles. The number of hydrogen-bond donors (Lipinski definition) is 1. The largest absolute Gasteiger partial charge is 0.490 e. The third-order valence-corrected chi connectivity index (χ3v) is 4.22. The third kappa shape index (κ3) is 3.12. The highest BCUT2D eigenvalue weighted by Gasteiger charge is 2.32. The molecule has 0 atom stereocenters. The number of carboxylic acid groups (broad SMARTS) is 1. The minimum absolute atomic E-state index is 0.187. The molecule has 108 valence electrons. The van der Waals surface area contributed by atoms with Crippen LogP contribution in [0.5, 0.6) is 5.75 Å². The van der Waals surface area contributed by atoms with E-state index in [0.29, 0.717) is 19.2 Å². The molecule has 3 rings (SSSR count). The second-order valence-corrected chi connectivity index (χ2v) is 5.90. The first-order chi connectivity index (χ1) is 9.70. The average molecular weight is 275 g/mol. The molecule has 1 N–H and O–H groups in total. The molecule has 1 aliphatic heterocycles. The van der Waals surface area contributed by atoms with Gasteiger partial charge in [-0.15, -0.1) is 0 Å². The van der Waals surface area contributed by atoms with Gasteiger partial charge in [-0.3, -0.25) is 9.69 Å². The summed E-state index contributed by atoms with van der Waals surface area (Å²) in [7, 11) is 0. The van der Waals surface area contributed by atoms with Gasteiger partial charge in [-0.2, -0.15) is 0 Å². The highest BCUT2D eigenvalue weighted by molar-refractivity contribution is 5.71. The van der Waals surface area contributed by atoms with Crippen LogP contribution in [-0.2, 0) is 11.3 Å². The van der Waals surface area contributed by atoms with E-state index in [1.54, 1.807) is 0 Å². The van der Waals surface area contributed by atoms with Gasteiger partial charge in [0, 0.05) is 19.6 Å². The topological polar surface area (TPSA) is 49.8 Å². The van der Waals surface area contributed by atoms with Gasteiger partial charge in [0.1, 0.15) is 5.75 Å². The normalized spacial score (nSPS) is 20.8. The number of hydrogen-bond acceptors (Lipinski definition) is 3. The molecule has 1 saturated heterocycles. The second-order valence-electron chi connectivity index (χ2n) is 5.90. The number of rotatable bonds is 5. The van der Waals surface area contributed by atoms with Gasteiger partial charge in [0.25, 0.3) is 0 Å². The van der Waals surface area contributed by atoms with Crippen LogP contribution < -0.4 is 4.74 Å². The molecule has 1 heterocycles. The summed E-state index contributed by atoms with van der Waals surface area (Å²) in [6.45, 7) is 2.12. The number of ether oxygens (including phenoxy) is 1. The van der Waals surface area contributed by atoms with Crippen LogP contribution in [0, 0.1) is 5.92 Å². The summed E-state index contributed by atoms with van der Waals surface area (Å²) in [5.41, 5.74) is 1.20. The molecule has 1 aliphatic carbocycles. The van der Waals surface area contributed by atoms with E-state index in [9.17, 15) is 4.79 Å². The molecule has 0 amide bonds. The predicted octanol–water partition coefficient (Wildman–Crippen LogP) is 2.52. The molecular weight excluding hydrogens is 254 g/mol. The number of carboxylic acids is 1. The van der Waals surface area contributed by atoms with Crippen LogP contribution in [0.2, 0.25) is 0 Å². The Labute approximate surface area is 119 Å². The van der Waals surface area contributed by atoms with E-state index in [0.717, 1.165) is 25.1 Å². The van der Waals surface area contributed by atoms with Crippen LogP contribution >= 0.6 is 0 Å². The molecule has 2 fully saturated rings. The lowest BCUT2D eigenvalue weighted by Crippen LogP contribution is -2.49. The molecule has 2 aliphatic rings. The van der Waals surface area contributed by atoms with E-state index in [1.165, 1.54) is 18.4 Å². The Morgan fingerprint density at radius 2 is 2.05 bits per heavy atom. The maximum absolute atomic E-state index is 10.8. The molecule has 0 spiro atoms. The fourth-order valence-corrected chi connectivity index (χ4v) is 3.03. The molecule has 4 nitrogen and oxygen atoms in total. The molecule has 0 unspecified atom stereocenters. The smallest absolute Gasteiger partial charge is 0.309 e. The van der Waals surface area contributed by atoms with Crippen molar-refractivity contribution in [2.45, 2.75) is 38.3 Å². The summed E-state index contributed by atoms with van der Waals surface area (Å²) in [5, 5.41) is 8.87. The van der Waals surface area contributed by atoms with Crippen molar-refractivity contribution in [3.05, 3.63) is 29.8 Å². The maximum Gasteiger partial charge on any atom is 0.309 e. The first-order valence-electron chi connectivity index (χ1n) is 7.41. The van der Waals surface area contributed by atoms with Crippen LogP contribution in [0.1, 0.15) is 31.2 Å². The zero-order valence-electron chi connectivity index (χ0n) is 11.6. The number of likely N-dealkylation sites (tertiary alicyclic amines) is 1. The lowest BCUT2D eigenvalue weighted by Gasteiger charge is -2.36. The zero-order valence-corrected chi connectivity index (χ0v) is 11.6. The highest BCUT2D eigenvalue weighted by Crippen LogP contribution is 2.26. The lowest BCUT2D eigenvalue weighted by molar-refractivity contribution is -0.147. The van der Waals surface area contributed by atoms with Gasteiger partial charge in [0.05, 0.1) is 12.0 Å². The van der Waals surface area contributed by atoms with Crippen LogP contribution in [0.4, 0.5) is 0 Å². The Morgan fingerprint density at radius 3 is 2.75 bits per heavy atom. The second kappa shape index (κ2) is 5.83. The Morgan fingerprint density at radius 1 is 1.30 bits per heavy atom. The monoisotopic (exact) mass is 275 g/mol. The SMILES string of the molecule is O=C(O)C1CN(Cc2cccc(OC3CCCC3)c2)C1. The summed E-state index contributed by atoms with van der Waals surface area (Å²) < 4.78 is 6.00. The van der Waals surface area contributed by atoms with E-state index in [2.05, 4.69) is 17.0 Å². The van der Waals surface area contributed by atoms with Crippen molar-refractivity contribution in [3.63, 3.8) is 0 Å². The van der Waals surface area contributed by atoms with E-state index < -0.39 is 5.97 Å². The lowest BCUT2D eigenvalue weighted by atomic mass is 9.99. The molecule has 0 radical (unpaired) electrons. The average Bonchev–Trinajstić information content (AvgIpc) is 2.86. The van der Waals surface area contributed by atoms with E-state index >= 15 is 0 Å². The minimum atomic E-state index is -0.681. The van der Waals surface area contributed by atoms with Gasteiger partial charge in [0.15, 0.2) is 0 Å². The van der Waals surface area contributed by atoms with Crippen LogP contribution in [0.15, 0.2) is 24.3 Å². The zero-order chi connectivity index (χ0) is 13.9. The number of benzene rings is 1. The Bertz CT molecular complexity index is 476. The standard InChI is InChI=1S/C16H21NO3/c18-16(19)13-10-17(11-13)9-12-4-3-7-15(8-12)20-14-5-1-2-6-14/h3-4,7-8,13-14H,1-2,5-6,9-11H2,(H,18,19).